The Bertz CT molecular complexity index is 357. The van der Waals surface area contributed by atoms with E-state index in [1.165, 1.54) is 23.9 Å². The molecule has 13 heavy (non-hydrogen) atoms. The Labute approximate surface area is 89.2 Å². The molecular formula is C7H5Cl2NO2S. The van der Waals surface area contributed by atoms with E-state index < -0.39 is 4.92 Å². The van der Waals surface area contributed by atoms with E-state index in [4.69, 9.17) is 23.2 Å². The first kappa shape index (κ1) is 10.6. The third-order valence-electron chi connectivity index (χ3n) is 1.43. The summed E-state index contributed by atoms with van der Waals surface area (Å²) in [4.78, 5) is 10.5. The van der Waals surface area contributed by atoms with Crippen molar-refractivity contribution in [1.29, 1.82) is 0 Å². The first-order valence-corrected chi connectivity index (χ1v) is 5.22. The maximum atomic E-state index is 10.5. The molecule has 0 saturated carbocycles. The van der Waals surface area contributed by atoms with Gasteiger partial charge in [0.1, 0.15) is 4.90 Å². The highest BCUT2D eigenvalue weighted by atomic mass is 35.5. The molecule has 0 aliphatic heterocycles. The van der Waals surface area contributed by atoms with Crippen molar-refractivity contribution in [1.82, 2.24) is 0 Å². The number of nitrogens with zero attached hydrogens (tertiary/aromatic N) is 1. The molecule has 0 atom stereocenters. The highest BCUT2D eigenvalue weighted by molar-refractivity contribution is 7.98. The second-order valence-electron chi connectivity index (χ2n) is 2.17. The largest absolute Gasteiger partial charge is 0.284 e. The smallest absolute Gasteiger partial charge is 0.258 e. The van der Waals surface area contributed by atoms with Crippen molar-refractivity contribution >= 4 is 40.7 Å². The van der Waals surface area contributed by atoms with E-state index in [0.717, 1.165) is 0 Å². The molecule has 0 heterocycles. The van der Waals surface area contributed by atoms with E-state index in [0.29, 0.717) is 9.92 Å². The summed E-state index contributed by atoms with van der Waals surface area (Å²) in [6.07, 6.45) is 1.71. The van der Waals surface area contributed by atoms with E-state index in [1.54, 1.807) is 6.26 Å². The molecule has 0 aromatic heterocycles. The quantitative estimate of drug-likeness (QED) is 0.449. The summed E-state index contributed by atoms with van der Waals surface area (Å²) in [5, 5.41) is 11.1. The maximum absolute atomic E-state index is 10.5. The van der Waals surface area contributed by atoms with Crippen molar-refractivity contribution in [3.8, 4) is 0 Å². The van der Waals surface area contributed by atoms with Gasteiger partial charge in [-0.25, -0.2) is 0 Å². The molecule has 1 rings (SSSR count). The number of hydrogen-bond donors (Lipinski definition) is 0. The fraction of sp³-hybridized carbons (Fsp3) is 0.143. The van der Waals surface area contributed by atoms with Gasteiger partial charge >= 0.3 is 0 Å². The van der Waals surface area contributed by atoms with Crippen LogP contribution in [0.25, 0.3) is 0 Å². The molecule has 0 amide bonds. The minimum absolute atomic E-state index is 0.0121. The van der Waals surface area contributed by atoms with E-state index >= 15 is 0 Å². The standard InChI is InChI=1S/C7H5Cl2NO2S/c1-13-7-5(10(11)12)3-2-4(8)6(7)9/h2-3H,1H3. The number of halogens is 2. The minimum atomic E-state index is -0.478. The van der Waals surface area contributed by atoms with Gasteiger partial charge in [-0.05, 0) is 12.3 Å². The van der Waals surface area contributed by atoms with Gasteiger partial charge in [-0.1, -0.05) is 23.2 Å². The van der Waals surface area contributed by atoms with Gasteiger partial charge < -0.3 is 0 Å². The van der Waals surface area contributed by atoms with Crippen molar-refractivity contribution in [3.05, 3.63) is 32.3 Å². The van der Waals surface area contributed by atoms with Crippen LogP contribution in [-0.4, -0.2) is 11.2 Å². The van der Waals surface area contributed by atoms with Gasteiger partial charge in [-0.3, -0.25) is 10.1 Å². The Morgan fingerprint density at radius 3 is 2.54 bits per heavy atom. The van der Waals surface area contributed by atoms with Crippen LogP contribution in [0.15, 0.2) is 17.0 Å². The number of thioether (sulfide) groups is 1. The molecule has 70 valence electrons. The first-order chi connectivity index (χ1) is 6.07. The summed E-state index contributed by atoms with van der Waals surface area (Å²) in [5.41, 5.74) is -0.0121. The van der Waals surface area contributed by atoms with Gasteiger partial charge in [0, 0.05) is 6.07 Å². The van der Waals surface area contributed by atoms with Crippen molar-refractivity contribution in [3.63, 3.8) is 0 Å². The molecule has 0 saturated heterocycles. The molecule has 0 aliphatic carbocycles. The number of hydrogen-bond acceptors (Lipinski definition) is 3. The summed E-state index contributed by atoms with van der Waals surface area (Å²) >= 11 is 12.7. The molecular weight excluding hydrogens is 233 g/mol. The van der Waals surface area contributed by atoms with Gasteiger partial charge in [-0.2, -0.15) is 0 Å². The summed E-state index contributed by atoms with van der Waals surface area (Å²) in [6.45, 7) is 0. The van der Waals surface area contributed by atoms with Gasteiger partial charge in [0.25, 0.3) is 5.69 Å². The number of benzene rings is 1. The van der Waals surface area contributed by atoms with Gasteiger partial charge in [0.2, 0.25) is 0 Å². The molecule has 0 unspecified atom stereocenters. The van der Waals surface area contributed by atoms with Gasteiger partial charge in [0.05, 0.1) is 15.0 Å². The van der Waals surface area contributed by atoms with E-state index in [9.17, 15) is 10.1 Å². The normalized spacial score (nSPS) is 10.1. The molecule has 0 spiro atoms. The topological polar surface area (TPSA) is 43.1 Å². The lowest BCUT2D eigenvalue weighted by molar-refractivity contribution is -0.387. The third-order valence-corrected chi connectivity index (χ3v) is 3.17. The summed E-state index contributed by atoms with van der Waals surface area (Å²) in [6, 6.07) is 2.77. The summed E-state index contributed by atoms with van der Waals surface area (Å²) in [5.74, 6) is 0. The Morgan fingerprint density at radius 2 is 2.08 bits per heavy atom. The van der Waals surface area contributed by atoms with E-state index in [2.05, 4.69) is 0 Å². The van der Waals surface area contributed by atoms with E-state index in [1.807, 2.05) is 0 Å². The van der Waals surface area contributed by atoms with E-state index in [-0.39, 0.29) is 10.7 Å². The Morgan fingerprint density at radius 1 is 1.46 bits per heavy atom. The van der Waals surface area contributed by atoms with Crippen molar-refractivity contribution in [2.75, 3.05) is 6.26 Å². The Balaban J connectivity index is 3.38. The average molecular weight is 238 g/mol. The van der Waals surface area contributed by atoms with Crippen molar-refractivity contribution in [2.45, 2.75) is 4.90 Å². The zero-order valence-electron chi connectivity index (χ0n) is 6.58. The molecule has 0 fully saturated rings. The van der Waals surface area contributed by atoms with Crippen LogP contribution in [0.4, 0.5) is 5.69 Å². The fourth-order valence-electron chi connectivity index (χ4n) is 0.860. The fourth-order valence-corrected chi connectivity index (χ4v) is 2.11. The summed E-state index contributed by atoms with van der Waals surface area (Å²) < 4.78 is 0. The monoisotopic (exact) mass is 237 g/mol. The minimum Gasteiger partial charge on any atom is -0.258 e. The molecule has 1 aromatic rings. The predicted molar refractivity (Wildman–Crippen MR) is 54.9 cm³/mol. The van der Waals surface area contributed by atoms with Crippen LogP contribution in [0.5, 0.6) is 0 Å². The lowest BCUT2D eigenvalue weighted by atomic mass is 10.3. The van der Waals surface area contributed by atoms with Crippen LogP contribution in [0.1, 0.15) is 0 Å². The van der Waals surface area contributed by atoms with Gasteiger partial charge in [0.15, 0.2) is 0 Å². The number of nitro benzene ring substituents is 1. The Hall–Kier alpha value is -0.450. The second kappa shape index (κ2) is 4.17. The lowest BCUT2D eigenvalue weighted by Crippen LogP contribution is -1.91. The summed E-state index contributed by atoms with van der Waals surface area (Å²) in [7, 11) is 0. The zero-order valence-corrected chi connectivity index (χ0v) is 8.91. The zero-order chi connectivity index (χ0) is 10.0. The molecule has 3 nitrogen and oxygen atoms in total. The number of rotatable bonds is 2. The van der Waals surface area contributed by atoms with Crippen LogP contribution in [0, 0.1) is 10.1 Å². The van der Waals surface area contributed by atoms with Crippen LogP contribution in [-0.2, 0) is 0 Å². The maximum Gasteiger partial charge on any atom is 0.284 e. The van der Waals surface area contributed by atoms with Crippen molar-refractivity contribution < 1.29 is 4.92 Å². The molecule has 0 bridgehead atoms. The van der Waals surface area contributed by atoms with Crippen LogP contribution >= 0.6 is 35.0 Å². The lowest BCUT2D eigenvalue weighted by Gasteiger charge is -2.02. The van der Waals surface area contributed by atoms with Gasteiger partial charge in [-0.15, -0.1) is 11.8 Å². The average Bonchev–Trinajstić information content (AvgIpc) is 2.09. The molecule has 0 N–H and O–H groups in total. The highest BCUT2D eigenvalue weighted by Gasteiger charge is 2.17. The molecule has 0 aliphatic rings. The molecule has 6 heteroatoms. The van der Waals surface area contributed by atoms with Crippen LogP contribution in [0.2, 0.25) is 10.0 Å². The van der Waals surface area contributed by atoms with Crippen LogP contribution in [0.3, 0.4) is 0 Å². The number of nitro groups is 1. The Kier molecular flexibility index (Phi) is 3.41. The highest BCUT2D eigenvalue weighted by Crippen LogP contribution is 2.38. The molecule has 0 radical (unpaired) electrons. The predicted octanol–water partition coefficient (Wildman–Crippen LogP) is 3.62. The second-order valence-corrected chi connectivity index (χ2v) is 3.77. The SMILES string of the molecule is CSc1c([N+](=O)[O-])ccc(Cl)c1Cl. The first-order valence-electron chi connectivity index (χ1n) is 3.24. The third kappa shape index (κ3) is 2.07. The van der Waals surface area contributed by atoms with Crippen LogP contribution < -0.4 is 0 Å². The van der Waals surface area contributed by atoms with Crippen molar-refractivity contribution in [2.24, 2.45) is 0 Å². The molecule has 1 aromatic carbocycles.